The zero-order valence-electron chi connectivity index (χ0n) is 29.6. The fourth-order valence-corrected chi connectivity index (χ4v) is 18.2. The first-order valence-electron chi connectivity index (χ1n) is 17.1. The molecule has 0 aliphatic heterocycles. The molecule has 0 saturated heterocycles. The van der Waals surface area contributed by atoms with Gasteiger partial charge in [0.25, 0.3) is 0 Å². The zero-order valence-corrected chi connectivity index (χ0v) is 31.2. The van der Waals surface area contributed by atoms with Crippen LogP contribution in [0.3, 0.4) is 0 Å². The first kappa shape index (κ1) is 33.9. The quantitative estimate of drug-likeness (QED) is 0.152. The molecule has 246 valence electrons. The third-order valence-electron chi connectivity index (χ3n) is 9.64. The molecule has 0 spiro atoms. The lowest BCUT2D eigenvalue weighted by Gasteiger charge is -2.58. The average Bonchev–Trinajstić information content (AvgIpc) is 3.11. The van der Waals surface area contributed by atoms with Crippen LogP contribution in [0.4, 0.5) is 0 Å². The van der Waals surface area contributed by atoms with E-state index in [1.165, 1.54) is 40.5 Å². The van der Waals surface area contributed by atoms with Gasteiger partial charge in [-0.3, -0.25) is 0 Å². The van der Waals surface area contributed by atoms with E-state index in [0.29, 0.717) is 0 Å². The molecular weight excluding hydrogens is 617 g/mol. The first-order chi connectivity index (χ1) is 23.0. The Morgan fingerprint density at radius 2 is 0.521 bits per heavy atom. The fraction of sp³-hybridized carbons (Fsp3) is 0.217. The highest BCUT2D eigenvalue weighted by Gasteiger charge is 2.48. The van der Waals surface area contributed by atoms with Gasteiger partial charge in [0.1, 0.15) is 0 Å². The Morgan fingerprint density at radius 1 is 0.312 bits per heavy atom. The average molecular weight is 667 g/mol. The second kappa shape index (κ2) is 13.5. The molecule has 0 nitrogen and oxygen atoms in total. The molecule has 0 fully saturated rings. The molecule has 2 heteroatoms. The van der Waals surface area contributed by atoms with Crippen LogP contribution >= 0.6 is 20.1 Å². The maximum absolute atomic E-state index is 2.57. The van der Waals surface area contributed by atoms with Gasteiger partial charge < -0.3 is 0 Å². The maximum atomic E-state index is 2.57. The van der Waals surface area contributed by atoms with Gasteiger partial charge in [0.05, 0.1) is 0 Å². The summed E-state index contributed by atoms with van der Waals surface area (Å²) in [6.45, 7) is 16.4. The minimum Gasteiger partial charge on any atom is -0.149 e. The summed E-state index contributed by atoms with van der Waals surface area (Å²) in [5.41, 5.74) is 2.85. The third-order valence-corrected chi connectivity index (χ3v) is 19.5. The SMILES string of the molecule is CC(S(c1ccccc1)(c1ccccc1)c1ccc(C(C)(C)C)cc1)S(c1ccccc1)(c1ccccc1)c1ccc(C(C)(C)C)cc1. The highest BCUT2D eigenvalue weighted by molar-refractivity contribution is 8.49. The smallest absolute Gasteiger partial charge is 0.0395 e. The van der Waals surface area contributed by atoms with E-state index in [9.17, 15) is 0 Å². The molecule has 0 N–H and O–H groups in total. The van der Waals surface area contributed by atoms with E-state index in [4.69, 9.17) is 0 Å². The van der Waals surface area contributed by atoms with Gasteiger partial charge in [-0.15, -0.1) is 20.1 Å². The molecule has 0 unspecified atom stereocenters. The Hall–Kier alpha value is -3.98. The van der Waals surface area contributed by atoms with Crippen molar-refractivity contribution in [2.24, 2.45) is 0 Å². The molecule has 0 aromatic heterocycles. The van der Waals surface area contributed by atoms with Gasteiger partial charge in [-0.1, -0.05) is 139 Å². The Morgan fingerprint density at radius 3 is 0.729 bits per heavy atom. The van der Waals surface area contributed by atoms with Crippen molar-refractivity contribution in [3.63, 3.8) is 0 Å². The molecule has 6 aromatic carbocycles. The van der Waals surface area contributed by atoms with Crippen LogP contribution in [-0.4, -0.2) is 4.58 Å². The van der Waals surface area contributed by atoms with Crippen LogP contribution in [0.5, 0.6) is 0 Å². The van der Waals surface area contributed by atoms with Gasteiger partial charge >= 0.3 is 0 Å². The van der Waals surface area contributed by atoms with Crippen molar-refractivity contribution in [1.82, 2.24) is 0 Å². The normalized spacial score (nSPS) is 13.3. The topological polar surface area (TPSA) is 0 Å². The van der Waals surface area contributed by atoms with Crippen molar-refractivity contribution in [3.05, 3.63) is 181 Å². The van der Waals surface area contributed by atoms with E-state index >= 15 is 0 Å². The zero-order chi connectivity index (χ0) is 34.0. The van der Waals surface area contributed by atoms with Crippen molar-refractivity contribution in [1.29, 1.82) is 0 Å². The first-order valence-corrected chi connectivity index (χ1v) is 20.5. The molecule has 0 atom stereocenters. The summed E-state index contributed by atoms with van der Waals surface area (Å²) in [6, 6.07) is 65.0. The lowest BCUT2D eigenvalue weighted by atomic mass is 9.87. The van der Waals surface area contributed by atoms with Crippen LogP contribution in [0.1, 0.15) is 59.6 Å². The van der Waals surface area contributed by atoms with E-state index in [-0.39, 0.29) is 15.4 Å². The van der Waals surface area contributed by atoms with Crippen molar-refractivity contribution >= 4 is 20.1 Å². The minimum atomic E-state index is -1.88. The van der Waals surface area contributed by atoms with Gasteiger partial charge in [-0.25, -0.2) is 0 Å². The predicted octanol–water partition coefficient (Wildman–Crippen LogP) is 13.9. The maximum Gasteiger partial charge on any atom is 0.0395 e. The number of hydrogen-bond acceptors (Lipinski definition) is 0. The second-order valence-electron chi connectivity index (χ2n) is 14.7. The van der Waals surface area contributed by atoms with E-state index in [1.54, 1.807) is 0 Å². The summed E-state index contributed by atoms with van der Waals surface area (Å²) < 4.78 is 0.181. The van der Waals surface area contributed by atoms with Gasteiger partial charge in [0.2, 0.25) is 0 Å². The molecule has 6 rings (SSSR count). The van der Waals surface area contributed by atoms with Crippen LogP contribution in [0, 0.1) is 0 Å². The standard InChI is InChI=1S/C46H50S2/c1-36(47(39-20-12-8-13-21-39,40-22-14-9-15-23-40)43-32-28-37(29-33-43)45(2,3)4)48(41-24-16-10-17-25-41,42-26-18-11-19-27-42)44-34-30-38(31-35-44)46(5,6)7/h8-36H,1-7H3. The predicted molar refractivity (Wildman–Crippen MR) is 210 cm³/mol. The largest absolute Gasteiger partial charge is 0.149 e. The number of benzene rings is 6. The summed E-state index contributed by atoms with van der Waals surface area (Å²) >= 11 is 0. The Labute approximate surface area is 292 Å². The molecular formula is C46H50S2. The van der Waals surface area contributed by atoms with E-state index in [2.05, 4.69) is 218 Å². The third kappa shape index (κ3) is 6.06. The molecule has 48 heavy (non-hydrogen) atoms. The minimum absolute atomic E-state index is 0.0690. The van der Waals surface area contributed by atoms with Crippen LogP contribution in [0.2, 0.25) is 0 Å². The van der Waals surface area contributed by atoms with Gasteiger partial charge in [0.15, 0.2) is 0 Å². The van der Waals surface area contributed by atoms with Gasteiger partial charge in [-0.2, -0.15) is 0 Å². The van der Waals surface area contributed by atoms with E-state index in [0.717, 1.165) is 0 Å². The monoisotopic (exact) mass is 666 g/mol. The van der Waals surface area contributed by atoms with Gasteiger partial charge in [0, 0.05) is 4.58 Å². The Kier molecular flexibility index (Phi) is 9.53. The van der Waals surface area contributed by atoms with Crippen molar-refractivity contribution < 1.29 is 0 Å². The highest BCUT2D eigenvalue weighted by atomic mass is 32.3. The molecule has 0 aliphatic rings. The second-order valence-corrected chi connectivity index (χ2v) is 21.9. The van der Waals surface area contributed by atoms with E-state index < -0.39 is 20.1 Å². The molecule has 0 radical (unpaired) electrons. The van der Waals surface area contributed by atoms with Crippen molar-refractivity contribution in [2.75, 3.05) is 0 Å². The molecule has 0 heterocycles. The van der Waals surface area contributed by atoms with Crippen LogP contribution in [0.25, 0.3) is 0 Å². The number of hydrogen-bond donors (Lipinski definition) is 0. The van der Waals surface area contributed by atoms with Crippen LogP contribution in [0.15, 0.2) is 199 Å². The van der Waals surface area contributed by atoms with E-state index in [1.807, 2.05) is 0 Å². The summed E-state index contributed by atoms with van der Waals surface area (Å²) in [7, 11) is -3.75. The molecule has 0 amide bonds. The van der Waals surface area contributed by atoms with Gasteiger partial charge in [-0.05, 0) is 131 Å². The molecule has 0 saturated carbocycles. The summed E-state index contributed by atoms with van der Waals surface area (Å²) in [6.07, 6.45) is 0. The van der Waals surface area contributed by atoms with Crippen molar-refractivity contribution in [2.45, 2.75) is 93.3 Å². The number of rotatable bonds is 8. The van der Waals surface area contributed by atoms with Crippen molar-refractivity contribution in [3.8, 4) is 0 Å². The Bertz CT molecular complexity index is 1680. The summed E-state index contributed by atoms with van der Waals surface area (Å²) in [5.74, 6) is 0. The fourth-order valence-electron chi connectivity index (χ4n) is 7.06. The Balaban J connectivity index is 1.79. The summed E-state index contributed by atoms with van der Waals surface area (Å²) in [5, 5.41) is 0. The summed E-state index contributed by atoms with van der Waals surface area (Å²) in [4.78, 5) is 8.36. The molecule has 6 aromatic rings. The van der Waals surface area contributed by atoms with Crippen LogP contribution < -0.4 is 0 Å². The highest BCUT2D eigenvalue weighted by Crippen LogP contribution is 2.85. The lowest BCUT2D eigenvalue weighted by molar-refractivity contribution is 0.589. The molecule has 0 aliphatic carbocycles. The lowest BCUT2D eigenvalue weighted by Crippen LogP contribution is -2.26. The van der Waals surface area contributed by atoms with Crippen LogP contribution in [-0.2, 0) is 10.8 Å². The molecule has 0 bridgehead atoms.